The van der Waals surface area contributed by atoms with Gasteiger partial charge in [0.2, 0.25) is 5.91 Å². The molecule has 2 amide bonds. The van der Waals surface area contributed by atoms with Crippen LogP contribution in [0.15, 0.2) is 23.6 Å². The predicted octanol–water partition coefficient (Wildman–Crippen LogP) is 3.29. The molecule has 0 saturated heterocycles. The molecule has 1 N–H and O–H groups in total. The summed E-state index contributed by atoms with van der Waals surface area (Å²) in [5.74, 6) is 0.298. The van der Waals surface area contributed by atoms with E-state index in [0.717, 1.165) is 41.9 Å². The molecule has 0 spiro atoms. The lowest BCUT2D eigenvalue weighted by atomic mass is 10.1. The molecule has 1 saturated carbocycles. The van der Waals surface area contributed by atoms with Gasteiger partial charge in [0.05, 0.1) is 16.4 Å². The molecular weight excluding hydrogens is 362 g/mol. The zero-order valence-corrected chi connectivity index (χ0v) is 16.3. The molecule has 0 bridgehead atoms. The molecule has 1 fully saturated rings. The van der Waals surface area contributed by atoms with Gasteiger partial charge in [0.15, 0.2) is 6.10 Å². The van der Waals surface area contributed by atoms with Crippen LogP contribution in [0.5, 0.6) is 5.75 Å². The first-order chi connectivity index (χ1) is 13.0. The van der Waals surface area contributed by atoms with Crippen molar-refractivity contribution in [1.29, 1.82) is 0 Å². The number of thiazole rings is 1. The molecule has 2 aliphatic rings. The zero-order valence-electron chi connectivity index (χ0n) is 15.5. The van der Waals surface area contributed by atoms with Crippen LogP contribution in [-0.4, -0.2) is 35.5 Å². The Hall–Kier alpha value is -2.41. The molecule has 1 aromatic heterocycles. The van der Waals surface area contributed by atoms with Crippen LogP contribution in [0.4, 0.5) is 5.69 Å². The van der Waals surface area contributed by atoms with E-state index < -0.39 is 6.10 Å². The molecular formula is C20H23N3O3S. The van der Waals surface area contributed by atoms with Gasteiger partial charge in [-0.2, -0.15) is 0 Å². The lowest BCUT2D eigenvalue weighted by Gasteiger charge is -2.33. The summed E-state index contributed by atoms with van der Waals surface area (Å²) < 4.78 is 5.74. The molecule has 2 aromatic rings. The minimum Gasteiger partial charge on any atom is -0.479 e. The largest absolute Gasteiger partial charge is 0.479 e. The monoisotopic (exact) mass is 385 g/mol. The van der Waals surface area contributed by atoms with Crippen LogP contribution >= 0.6 is 11.3 Å². The Morgan fingerprint density at radius 1 is 1.37 bits per heavy atom. The quantitative estimate of drug-likeness (QED) is 0.877. The number of benzene rings is 1. The van der Waals surface area contributed by atoms with E-state index in [9.17, 15) is 9.59 Å². The lowest BCUT2D eigenvalue weighted by molar-refractivity contribution is -0.128. The van der Waals surface area contributed by atoms with Crippen LogP contribution in [0.3, 0.4) is 0 Å². The van der Waals surface area contributed by atoms with Gasteiger partial charge in [0.25, 0.3) is 5.91 Å². The molecule has 0 radical (unpaired) electrons. The van der Waals surface area contributed by atoms with Crippen molar-refractivity contribution in [2.45, 2.75) is 51.7 Å². The van der Waals surface area contributed by atoms with Crippen molar-refractivity contribution in [1.82, 2.24) is 10.3 Å². The second-order valence-electron chi connectivity index (χ2n) is 7.17. The third kappa shape index (κ3) is 3.69. The maximum absolute atomic E-state index is 12.7. The van der Waals surface area contributed by atoms with E-state index in [0.29, 0.717) is 11.4 Å². The Labute approximate surface area is 162 Å². The minimum absolute atomic E-state index is 0.00950. The standard InChI is InChI=1S/C20H23N3O3S/c1-12-20(25)23(10-19(24)22-15-5-3-4-6-15)17-9-14(7-8-18(17)26-12)16-11-27-13(2)21-16/h7-9,11-12,15H,3-6,10H2,1-2H3,(H,22,24). The van der Waals surface area contributed by atoms with Gasteiger partial charge in [-0.3, -0.25) is 14.5 Å². The van der Waals surface area contributed by atoms with Gasteiger partial charge in [-0.05, 0) is 44.9 Å². The fraction of sp³-hybridized carbons (Fsp3) is 0.450. The summed E-state index contributed by atoms with van der Waals surface area (Å²) in [5, 5.41) is 6.03. The molecule has 6 nitrogen and oxygen atoms in total. The van der Waals surface area contributed by atoms with E-state index in [2.05, 4.69) is 10.3 Å². The highest BCUT2D eigenvalue weighted by atomic mass is 32.1. The topological polar surface area (TPSA) is 71.5 Å². The minimum atomic E-state index is -0.607. The van der Waals surface area contributed by atoms with Crippen molar-refractivity contribution in [3.05, 3.63) is 28.6 Å². The molecule has 4 rings (SSSR count). The van der Waals surface area contributed by atoms with Crippen LogP contribution in [-0.2, 0) is 9.59 Å². The molecule has 2 heterocycles. The number of anilines is 1. The fourth-order valence-electron chi connectivity index (χ4n) is 3.71. The molecule has 1 atom stereocenters. The summed E-state index contributed by atoms with van der Waals surface area (Å²) in [7, 11) is 0. The molecule has 7 heteroatoms. The molecule has 27 heavy (non-hydrogen) atoms. The zero-order chi connectivity index (χ0) is 19.0. The van der Waals surface area contributed by atoms with E-state index in [-0.39, 0.29) is 24.4 Å². The Bertz CT molecular complexity index is 873. The van der Waals surface area contributed by atoms with Crippen LogP contribution in [0.1, 0.15) is 37.6 Å². The first-order valence-corrected chi connectivity index (χ1v) is 10.2. The third-order valence-electron chi connectivity index (χ3n) is 5.10. The number of hydrogen-bond acceptors (Lipinski definition) is 5. The maximum Gasteiger partial charge on any atom is 0.268 e. The second-order valence-corrected chi connectivity index (χ2v) is 8.23. The number of aromatic nitrogens is 1. The van der Waals surface area contributed by atoms with E-state index in [1.165, 1.54) is 4.90 Å². The number of ether oxygens (including phenoxy) is 1. The number of carbonyl (C=O) groups excluding carboxylic acids is 2. The van der Waals surface area contributed by atoms with Crippen molar-refractivity contribution in [3.63, 3.8) is 0 Å². The van der Waals surface area contributed by atoms with Crippen molar-refractivity contribution >= 4 is 28.8 Å². The normalized spacial score (nSPS) is 19.7. The van der Waals surface area contributed by atoms with Crippen LogP contribution in [0.2, 0.25) is 0 Å². The average Bonchev–Trinajstić information content (AvgIpc) is 3.30. The summed E-state index contributed by atoms with van der Waals surface area (Å²) in [6, 6.07) is 5.91. The van der Waals surface area contributed by atoms with Gasteiger partial charge < -0.3 is 10.1 Å². The molecule has 1 aliphatic heterocycles. The molecule has 1 aromatic carbocycles. The number of carbonyl (C=O) groups is 2. The SMILES string of the molecule is Cc1nc(-c2ccc3c(c2)N(CC(=O)NC2CCCC2)C(=O)C(C)O3)cs1. The van der Waals surface area contributed by atoms with Gasteiger partial charge in [0.1, 0.15) is 12.3 Å². The predicted molar refractivity (Wildman–Crippen MR) is 105 cm³/mol. The maximum atomic E-state index is 12.7. The van der Waals surface area contributed by atoms with Crippen LogP contribution < -0.4 is 15.0 Å². The number of nitrogens with zero attached hydrogens (tertiary/aromatic N) is 2. The highest BCUT2D eigenvalue weighted by molar-refractivity contribution is 7.09. The van der Waals surface area contributed by atoms with E-state index >= 15 is 0 Å². The van der Waals surface area contributed by atoms with Crippen LogP contribution in [0, 0.1) is 6.92 Å². The smallest absolute Gasteiger partial charge is 0.268 e. The number of rotatable bonds is 4. The van der Waals surface area contributed by atoms with Crippen molar-refractivity contribution in [2.75, 3.05) is 11.4 Å². The summed E-state index contributed by atoms with van der Waals surface area (Å²) in [4.78, 5) is 31.3. The molecule has 1 aliphatic carbocycles. The van der Waals surface area contributed by atoms with E-state index in [1.807, 2.05) is 30.5 Å². The van der Waals surface area contributed by atoms with Crippen molar-refractivity contribution in [3.8, 4) is 17.0 Å². The Morgan fingerprint density at radius 3 is 2.85 bits per heavy atom. The van der Waals surface area contributed by atoms with Crippen molar-refractivity contribution < 1.29 is 14.3 Å². The highest BCUT2D eigenvalue weighted by Crippen LogP contribution is 2.37. The van der Waals surface area contributed by atoms with Gasteiger partial charge in [-0.15, -0.1) is 11.3 Å². The number of aryl methyl sites for hydroxylation is 1. The number of amides is 2. The summed E-state index contributed by atoms with van der Waals surface area (Å²) in [5.41, 5.74) is 2.40. The number of fused-ring (bicyclic) bond motifs is 1. The summed E-state index contributed by atoms with van der Waals surface area (Å²) >= 11 is 1.58. The van der Waals surface area contributed by atoms with E-state index in [4.69, 9.17) is 4.74 Å². The van der Waals surface area contributed by atoms with Gasteiger partial charge in [0, 0.05) is 17.0 Å². The molecule has 142 valence electrons. The van der Waals surface area contributed by atoms with Crippen molar-refractivity contribution in [2.24, 2.45) is 0 Å². The Morgan fingerprint density at radius 2 is 2.15 bits per heavy atom. The lowest BCUT2D eigenvalue weighted by Crippen LogP contribution is -2.49. The summed E-state index contributed by atoms with van der Waals surface area (Å²) in [6.45, 7) is 3.68. The highest BCUT2D eigenvalue weighted by Gasteiger charge is 2.33. The van der Waals surface area contributed by atoms with Gasteiger partial charge >= 0.3 is 0 Å². The molecule has 1 unspecified atom stereocenters. The summed E-state index contributed by atoms with van der Waals surface area (Å²) in [6.07, 6.45) is 3.73. The fourth-order valence-corrected chi connectivity index (χ4v) is 4.33. The number of hydrogen-bond donors (Lipinski definition) is 1. The van der Waals surface area contributed by atoms with Gasteiger partial charge in [-0.25, -0.2) is 4.98 Å². The van der Waals surface area contributed by atoms with Crippen LogP contribution in [0.25, 0.3) is 11.3 Å². The number of nitrogens with one attached hydrogen (secondary N) is 1. The second kappa shape index (κ2) is 7.31. The third-order valence-corrected chi connectivity index (χ3v) is 5.88. The first kappa shape index (κ1) is 18.0. The van der Waals surface area contributed by atoms with Gasteiger partial charge in [-0.1, -0.05) is 12.8 Å². The van der Waals surface area contributed by atoms with E-state index in [1.54, 1.807) is 18.3 Å². The Balaban J connectivity index is 1.61. The first-order valence-electron chi connectivity index (χ1n) is 9.35. The Kier molecular flexibility index (Phi) is 4.86. The average molecular weight is 385 g/mol.